The minimum Gasteiger partial charge on any atom is -0.493 e. The Labute approximate surface area is 122 Å². The lowest BCUT2D eigenvalue weighted by molar-refractivity contribution is 0.284. The van der Waals surface area contributed by atoms with Gasteiger partial charge in [0, 0.05) is 11.6 Å². The monoisotopic (exact) mass is 281 g/mol. The van der Waals surface area contributed by atoms with E-state index in [1.807, 2.05) is 48.5 Å². The molecule has 0 aliphatic heterocycles. The molecule has 0 saturated heterocycles. The number of methoxy groups -OCH3 is 1. The molecule has 0 spiro atoms. The number of benzene rings is 2. The Balaban J connectivity index is 1.79. The van der Waals surface area contributed by atoms with Crippen molar-refractivity contribution in [1.29, 1.82) is 0 Å². The number of nitrogens with zero attached hydrogens (tertiary/aromatic N) is 1. The van der Waals surface area contributed by atoms with Gasteiger partial charge in [-0.2, -0.15) is 0 Å². The zero-order valence-corrected chi connectivity index (χ0v) is 11.7. The summed E-state index contributed by atoms with van der Waals surface area (Å²) in [7, 11) is 1.62. The van der Waals surface area contributed by atoms with Crippen molar-refractivity contribution >= 4 is 0 Å². The molecule has 0 atom stereocenters. The van der Waals surface area contributed by atoms with Crippen molar-refractivity contribution < 1.29 is 14.0 Å². The van der Waals surface area contributed by atoms with Gasteiger partial charge in [0.15, 0.2) is 11.5 Å². The summed E-state index contributed by atoms with van der Waals surface area (Å²) < 4.78 is 16.1. The summed E-state index contributed by atoms with van der Waals surface area (Å²) >= 11 is 0. The van der Waals surface area contributed by atoms with E-state index in [4.69, 9.17) is 14.0 Å². The third-order valence-corrected chi connectivity index (χ3v) is 3.13. The highest BCUT2D eigenvalue weighted by molar-refractivity contribution is 5.63. The molecule has 4 heteroatoms. The molecule has 0 fully saturated rings. The Hall–Kier alpha value is -2.75. The fraction of sp³-hybridized carbons (Fsp3) is 0.118. The molecule has 1 heterocycles. The molecule has 0 N–H and O–H groups in total. The first-order valence-electron chi connectivity index (χ1n) is 6.62. The maximum atomic E-state index is 5.82. The maximum absolute atomic E-state index is 5.82. The summed E-state index contributed by atoms with van der Waals surface area (Å²) in [5.41, 5.74) is 2.80. The fourth-order valence-electron chi connectivity index (χ4n) is 2.04. The number of aromatic nitrogens is 1. The van der Waals surface area contributed by atoms with Crippen molar-refractivity contribution in [3.63, 3.8) is 0 Å². The van der Waals surface area contributed by atoms with Crippen molar-refractivity contribution in [3.05, 3.63) is 66.4 Å². The molecule has 0 radical (unpaired) electrons. The van der Waals surface area contributed by atoms with Crippen LogP contribution in [0.5, 0.6) is 11.5 Å². The zero-order chi connectivity index (χ0) is 14.5. The Morgan fingerprint density at radius 1 is 1.00 bits per heavy atom. The van der Waals surface area contributed by atoms with Gasteiger partial charge in [0.05, 0.1) is 7.11 Å². The standard InChI is InChI=1S/C17H15NO3/c1-19-17-11-14(15-9-10-21-18-15)7-8-16(17)20-12-13-5-3-2-4-6-13/h2-11H,12H2,1H3. The molecule has 3 aromatic rings. The Morgan fingerprint density at radius 3 is 2.57 bits per heavy atom. The van der Waals surface area contributed by atoms with Crippen molar-refractivity contribution in [3.8, 4) is 22.8 Å². The second kappa shape index (κ2) is 6.13. The van der Waals surface area contributed by atoms with E-state index in [1.165, 1.54) is 0 Å². The van der Waals surface area contributed by atoms with Gasteiger partial charge in [0.1, 0.15) is 18.6 Å². The molecule has 0 amide bonds. The molecule has 21 heavy (non-hydrogen) atoms. The van der Waals surface area contributed by atoms with Crippen LogP contribution in [0.1, 0.15) is 5.56 Å². The SMILES string of the molecule is COc1cc(-c2ccon2)ccc1OCc1ccccc1. The number of rotatable bonds is 5. The molecule has 3 rings (SSSR count). The predicted molar refractivity (Wildman–Crippen MR) is 79.3 cm³/mol. The molecule has 0 unspecified atom stereocenters. The molecule has 1 aromatic heterocycles. The lowest BCUT2D eigenvalue weighted by Gasteiger charge is -2.11. The van der Waals surface area contributed by atoms with E-state index in [2.05, 4.69) is 5.16 Å². The normalized spacial score (nSPS) is 10.3. The first-order valence-corrected chi connectivity index (χ1v) is 6.62. The summed E-state index contributed by atoms with van der Waals surface area (Å²) in [5.74, 6) is 1.38. The Morgan fingerprint density at radius 2 is 1.86 bits per heavy atom. The molecule has 0 aliphatic carbocycles. The van der Waals surface area contributed by atoms with Crippen LogP contribution in [0.3, 0.4) is 0 Å². The van der Waals surface area contributed by atoms with Crippen molar-refractivity contribution in [1.82, 2.24) is 5.16 Å². The molecular weight excluding hydrogens is 266 g/mol. The Kier molecular flexibility index (Phi) is 3.87. The second-order valence-electron chi connectivity index (χ2n) is 4.52. The van der Waals surface area contributed by atoms with E-state index in [9.17, 15) is 0 Å². The minimum atomic E-state index is 0.501. The summed E-state index contributed by atoms with van der Waals surface area (Å²) in [4.78, 5) is 0. The molecule has 2 aromatic carbocycles. The summed E-state index contributed by atoms with van der Waals surface area (Å²) in [6.45, 7) is 0.501. The van der Waals surface area contributed by atoms with Crippen LogP contribution in [0.2, 0.25) is 0 Å². The lowest BCUT2D eigenvalue weighted by atomic mass is 10.1. The molecule has 0 bridgehead atoms. The van der Waals surface area contributed by atoms with Gasteiger partial charge < -0.3 is 14.0 Å². The smallest absolute Gasteiger partial charge is 0.161 e. The van der Waals surface area contributed by atoms with Gasteiger partial charge in [-0.1, -0.05) is 35.5 Å². The average molecular weight is 281 g/mol. The van der Waals surface area contributed by atoms with Gasteiger partial charge in [-0.15, -0.1) is 0 Å². The highest BCUT2D eigenvalue weighted by Crippen LogP contribution is 2.32. The molecule has 0 saturated carbocycles. The molecule has 106 valence electrons. The predicted octanol–water partition coefficient (Wildman–Crippen LogP) is 3.93. The van der Waals surface area contributed by atoms with Crippen LogP contribution in [-0.2, 0) is 6.61 Å². The average Bonchev–Trinajstić information content (AvgIpc) is 3.08. The molecular formula is C17H15NO3. The van der Waals surface area contributed by atoms with Crippen LogP contribution in [0.15, 0.2) is 65.4 Å². The third kappa shape index (κ3) is 3.05. The van der Waals surface area contributed by atoms with Gasteiger partial charge in [0.2, 0.25) is 0 Å². The minimum absolute atomic E-state index is 0.501. The lowest BCUT2D eigenvalue weighted by Crippen LogP contribution is -1.97. The van der Waals surface area contributed by atoms with Crippen LogP contribution in [0.4, 0.5) is 0 Å². The highest BCUT2D eigenvalue weighted by Gasteiger charge is 2.09. The number of ether oxygens (including phenoxy) is 2. The first kappa shape index (κ1) is 13.2. The maximum Gasteiger partial charge on any atom is 0.161 e. The van der Waals surface area contributed by atoms with E-state index in [0.29, 0.717) is 18.1 Å². The van der Waals surface area contributed by atoms with E-state index < -0.39 is 0 Å². The quantitative estimate of drug-likeness (QED) is 0.710. The summed E-state index contributed by atoms with van der Waals surface area (Å²) in [6.07, 6.45) is 1.54. The van der Waals surface area contributed by atoms with Gasteiger partial charge in [-0.25, -0.2) is 0 Å². The van der Waals surface area contributed by atoms with Gasteiger partial charge in [0.25, 0.3) is 0 Å². The molecule has 0 aliphatic rings. The van der Waals surface area contributed by atoms with Crippen LogP contribution in [0, 0.1) is 0 Å². The highest BCUT2D eigenvalue weighted by atomic mass is 16.5. The zero-order valence-electron chi connectivity index (χ0n) is 11.7. The van der Waals surface area contributed by atoms with Gasteiger partial charge >= 0.3 is 0 Å². The number of hydrogen-bond donors (Lipinski definition) is 0. The molecule has 4 nitrogen and oxygen atoms in total. The van der Waals surface area contributed by atoms with Gasteiger partial charge in [-0.3, -0.25) is 0 Å². The van der Waals surface area contributed by atoms with E-state index >= 15 is 0 Å². The fourth-order valence-corrected chi connectivity index (χ4v) is 2.04. The third-order valence-electron chi connectivity index (χ3n) is 3.13. The van der Waals surface area contributed by atoms with Crippen LogP contribution in [0.25, 0.3) is 11.3 Å². The largest absolute Gasteiger partial charge is 0.493 e. The Bertz CT molecular complexity index is 693. The number of hydrogen-bond acceptors (Lipinski definition) is 4. The van der Waals surface area contributed by atoms with E-state index in [0.717, 1.165) is 16.8 Å². The van der Waals surface area contributed by atoms with E-state index in [-0.39, 0.29) is 0 Å². The van der Waals surface area contributed by atoms with Crippen molar-refractivity contribution in [2.75, 3.05) is 7.11 Å². The summed E-state index contributed by atoms with van der Waals surface area (Å²) in [5, 5.41) is 3.91. The van der Waals surface area contributed by atoms with Crippen LogP contribution in [-0.4, -0.2) is 12.3 Å². The second-order valence-corrected chi connectivity index (χ2v) is 4.52. The summed E-state index contributed by atoms with van der Waals surface area (Å²) in [6, 6.07) is 17.5. The van der Waals surface area contributed by atoms with Crippen LogP contribution < -0.4 is 9.47 Å². The van der Waals surface area contributed by atoms with Crippen LogP contribution >= 0.6 is 0 Å². The topological polar surface area (TPSA) is 44.5 Å². The van der Waals surface area contributed by atoms with E-state index in [1.54, 1.807) is 19.4 Å². The van der Waals surface area contributed by atoms with Crippen molar-refractivity contribution in [2.24, 2.45) is 0 Å². The van der Waals surface area contributed by atoms with Gasteiger partial charge in [-0.05, 0) is 23.8 Å². The van der Waals surface area contributed by atoms with Crippen molar-refractivity contribution in [2.45, 2.75) is 6.61 Å². The first-order chi connectivity index (χ1) is 10.4.